The summed E-state index contributed by atoms with van der Waals surface area (Å²) in [7, 11) is 0. The van der Waals surface area contributed by atoms with Crippen molar-refractivity contribution in [2.75, 3.05) is 31.6 Å². The number of hydrogen-bond donors (Lipinski definition) is 3. The summed E-state index contributed by atoms with van der Waals surface area (Å²) in [6, 6.07) is 14.2. The molecule has 1 fully saturated rings. The van der Waals surface area contributed by atoms with Crippen LogP contribution in [-0.4, -0.2) is 54.1 Å². The summed E-state index contributed by atoms with van der Waals surface area (Å²) in [5.74, 6) is 1.22. The van der Waals surface area contributed by atoms with Crippen LogP contribution < -0.4 is 15.4 Å². The van der Waals surface area contributed by atoms with Gasteiger partial charge in [0, 0.05) is 25.6 Å². The standard InChI is InChI=1S/C32H45N3O4/c1-24(26-13-7-3-8-14-26)35(30(38)19-21-33-20-18-25-11-5-2-6-12-25)22-10-4-9-15-27-16-17-28(36)31-32(27)39-23-29(37)34-31/h2,5-6,11-12,16-17,24,26,33,36H,3-4,7-10,13-15,18-23H2,1H3,(H,34,37)/t24-/m1/s1. The number of benzene rings is 2. The number of amides is 2. The number of carbonyl (C=O) groups excluding carboxylic acids is 2. The Labute approximate surface area is 233 Å². The Morgan fingerprint density at radius 2 is 1.85 bits per heavy atom. The van der Waals surface area contributed by atoms with E-state index in [1.165, 1.54) is 37.7 Å². The SMILES string of the molecule is C[C@H](C1CCCCC1)N(CCCCCc1ccc(O)c2c1OCC(=O)N2)C(=O)CCNCCc1ccccc1. The minimum atomic E-state index is -0.252. The van der Waals surface area contributed by atoms with E-state index >= 15 is 0 Å². The van der Waals surface area contributed by atoms with Gasteiger partial charge in [-0.3, -0.25) is 9.59 Å². The van der Waals surface area contributed by atoms with Crippen LogP contribution in [0.15, 0.2) is 42.5 Å². The quantitative estimate of drug-likeness (QED) is 0.221. The molecule has 0 aromatic heterocycles. The van der Waals surface area contributed by atoms with E-state index < -0.39 is 0 Å². The van der Waals surface area contributed by atoms with E-state index in [1.807, 2.05) is 12.1 Å². The fourth-order valence-corrected chi connectivity index (χ4v) is 5.95. The zero-order valence-corrected chi connectivity index (χ0v) is 23.4. The van der Waals surface area contributed by atoms with Crippen molar-refractivity contribution in [3.8, 4) is 11.5 Å². The van der Waals surface area contributed by atoms with Gasteiger partial charge in [-0.1, -0.05) is 62.1 Å². The van der Waals surface area contributed by atoms with Crippen molar-refractivity contribution in [3.05, 3.63) is 53.6 Å². The predicted octanol–water partition coefficient (Wildman–Crippen LogP) is 5.46. The molecule has 1 aliphatic heterocycles. The molecule has 4 rings (SSSR count). The monoisotopic (exact) mass is 535 g/mol. The topological polar surface area (TPSA) is 90.9 Å². The number of ether oxygens (including phenoxy) is 1. The van der Waals surface area contributed by atoms with Crippen molar-refractivity contribution in [3.63, 3.8) is 0 Å². The number of unbranched alkanes of at least 4 members (excludes halogenated alkanes) is 2. The third-order valence-electron chi connectivity index (χ3n) is 8.27. The molecule has 7 heteroatoms. The number of anilines is 1. The molecule has 0 bridgehead atoms. The van der Waals surface area contributed by atoms with Crippen molar-refractivity contribution in [2.24, 2.45) is 5.92 Å². The number of rotatable bonds is 14. The minimum Gasteiger partial charge on any atom is -0.506 e. The summed E-state index contributed by atoms with van der Waals surface area (Å²) in [4.78, 5) is 27.2. The van der Waals surface area contributed by atoms with Crippen molar-refractivity contribution < 1.29 is 19.4 Å². The summed E-state index contributed by atoms with van der Waals surface area (Å²) < 4.78 is 5.62. The molecule has 2 aromatic rings. The Hall–Kier alpha value is -3.06. The molecule has 0 unspecified atom stereocenters. The summed E-state index contributed by atoms with van der Waals surface area (Å²) in [5.41, 5.74) is 2.68. The molecule has 7 nitrogen and oxygen atoms in total. The van der Waals surface area contributed by atoms with Crippen LogP contribution in [0.1, 0.15) is 75.8 Å². The predicted molar refractivity (Wildman–Crippen MR) is 155 cm³/mol. The second-order valence-corrected chi connectivity index (χ2v) is 11.1. The van der Waals surface area contributed by atoms with E-state index in [0.717, 1.165) is 50.8 Å². The van der Waals surface area contributed by atoms with Crippen LogP contribution in [0.4, 0.5) is 5.69 Å². The number of carbonyl (C=O) groups is 2. The second kappa shape index (κ2) is 14.9. The first-order valence-corrected chi connectivity index (χ1v) is 14.8. The number of hydrogen-bond acceptors (Lipinski definition) is 5. The molecule has 0 spiro atoms. The molecular weight excluding hydrogens is 490 g/mol. The van der Waals surface area contributed by atoms with Crippen molar-refractivity contribution >= 4 is 17.5 Å². The summed E-state index contributed by atoms with van der Waals surface area (Å²) in [5, 5.41) is 16.3. The molecule has 3 N–H and O–H groups in total. The summed E-state index contributed by atoms with van der Waals surface area (Å²) in [6.45, 7) is 4.61. The second-order valence-electron chi connectivity index (χ2n) is 11.1. The van der Waals surface area contributed by atoms with Gasteiger partial charge in [-0.25, -0.2) is 0 Å². The number of aryl methyl sites for hydroxylation is 1. The van der Waals surface area contributed by atoms with Crippen LogP contribution in [-0.2, 0) is 22.4 Å². The lowest BCUT2D eigenvalue weighted by Gasteiger charge is -2.37. The highest BCUT2D eigenvalue weighted by atomic mass is 16.5. The fraction of sp³-hybridized carbons (Fsp3) is 0.562. The highest BCUT2D eigenvalue weighted by molar-refractivity contribution is 5.97. The number of nitrogens with one attached hydrogen (secondary N) is 2. The zero-order valence-electron chi connectivity index (χ0n) is 23.4. The van der Waals surface area contributed by atoms with Gasteiger partial charge in [0.1, 0.15) is 11.4 Å². The molecule has 1 aliphatic carbocycles. The smallest absolute Gasteiger partial charge is 0.262 e. The first-order valence-electron chi connectivity index (χ1n) is 14.8. The van der Waals surface area contributed by atoms with E-state index in [-0.39, 0.29) is 30.2 Å². The van der Waals surface area contributed by atoms with Gasteiger partial charge >= 0.3 is 0 Å². The molecule has 1 atom stereocenters. The van der Waals surface area contributed by atoms with Gasteiger partial charge in [0.15, 0.2) is 12.4 Å². The number of aromatic hydroxyl groups is 1. The van der Waals surface area contributed by atoms with Gasteiger partial charge in [-0.15, -0.1) is 0 Å². The number of nitrogens with zero attached hydrogens (tertiary/aromatic N) is 1. The van der Waals surface area contributed by atoms with E-state index in [9.17, 15) is 14.7 Å². The molecule has 1 saturated carbocycles. The lowest BCUT2D eigenvalue weighted by Crippen LogP contribution is -2.44. The highest BCUT2D eigenvalue weighted by Crippen LogP contribution is 2.39. The maximum atomic E-state index is 13.4. The Balaban J connectivity index is 1.24. The summed E-state index contributed by atoms with van der Waals surface area (Å²) in [6.07, 6.45) is 11.5. The van der Waals surface area contributed by atoms with Crippen LogP contribution in [0, 0.1) is 5.92 Å². The van der Waals surface area contributed by atoms with Gasteiger partial charge < -0.3 is 25.4 Å². The Morgan fingerprint density at radius 3 is 2.64 bits per heavy atom. The van der Waals surface area contributed by atoms with Gasteiger partial charge in [-0.05, 0) is 75.1 Å². The molecule has 39 heavy (non-hydrogen) atoms. The van der Waals surface area contributed by atoms with E-state index in [4.69, 9.17) is 4.74 Å². The Bertz CT molecular complexity index is 1070. The molecule has 2 aliphatic rings. The van der Waals surface area contributed by atoms with Crippen LogP contribution in [0.5, 0.6) is 11.5 Å². The maximum absolute atomic E-state index is 13.4. The molecule has 0 radical (unpaired) electrons. The van der Waals surface area contributed by atoms with E-state index in [2.05, 4.69) is 46.7 Å². The van der Waals surface area contributed by atoms with Gasteiger partial charge in [0.25, 0.3) is 5.91 Å². The molecule has 212 valence electrons. The minimum absolute atomic E-state index is 0.0271. The highest BCUT2D eigenvalue weighted by Gasteiger charge is 2.28. The third-order valence-corrected chi connectivity index (χ3v) is 8.27. The Morgan fingerprint density at radius 1 is 1.05 bits per heavy atom. The first-order chi connectivity index (χ1) is 19.0. The lowest BCUT2D eigenvalue weighted by molar-refractivity contribution is -0.134. The largest absolute Gasteiger partial charge is 0.506 e. The third kappa shape index (κ3) is 8.46. The molecule has 1 heterocycles. The molecule has 2 amide bonds. The Kier molecular flexibility index (Phi) is 11.1. The normalized spacial score (nSPS) is 16.2. The summed E-state index contributed by atoms with van der Waals surface area (Å²) >= 11 is 0. The van der Waals surface area contributed by atoms with E-state index in [0.29, 0.717) is 30.3 Å². The maximum Gasteiger partial charge on any atom is 0.262 e. The van der Waals surface area contributed by atoms with Crippen molar-refractivity contribution in [1.29, 1.82) is 0 Å². The molecule has 0 saturated heterocycles. The molecule has 2 aromatic carbocycles. The molecular formula is C32H45N3O4. The van der Waals surface area contributed by atoms with Gasteiger partial charge in [0.2, 0.25) is 5.91 Å². The lowest BCUT2D eigenvalue weighted by atomic mass is 9.83. The van der Waals surface area contributed by atoms with Crippen molar-refractivity contribution in [2.45, 2.75) is 83.6 Å². The number of fused-ring (bicyclic) bond motifs is 1. The van der Waals surface area contributed by atoms with Crippen LogP contribution in [0.25, 0.3) is 0 Å². The first kappa shape index (κ1) is 28.9. The number of phenolic OH excluding ortho intramolecular Hbond substituents is 1. The van der Waals surface area contributed by atoms with Crippen molar-refractivity contribution in [1.82, 2.24) is 10.2 Å². The van der Waals surface area contributed by atoms with Crippen LogP contribution in [0.2, 0.25) is 0 Å². The zero-order chi connectivity index (χ0) is 27.5. The van der Waals surface area contributed by atoms with Gasteiger partial charge in [-0.2, -0.15) is 0 Å². The number of phenols is 1. The average molecular weight is 536 g/mol. The average Bonchev–Trinajstić information content (AvgIpc) is 2.96. The fourth-order valence-electron chi connectivity index (χ4n) is 5.95. The van der Waals surface area contributed by atoms with E-state index in [1.54, 1.807) is 6.07 Å². The van der Waals surface area contributed by atoms with Crippen LogP contribution >= 0.6 is 0 Å². The van der Waals surface area contributed by atoms with Gasteiger partial charge in [0.05, 0.1) is 0 Å². The van der Waals surface area contributed by atoms with Crippen LogP contribution in [0.3, 0.4) is 0 Å².